The summed E-state index contributed by atoms with van der Waals surface area (Å²) >= 11 is 0. The summed E-state index contributed by atoms with van der Waals surface area (Å²) in [6.45, 7) is 7.37. The molecule has 3 amide bonds. The maximum atomic E-state index is 12.2. The molecule has 1 rings (SSSR count). The van der Waals surface area contributed by atoms with Crippen LogP contribution >= 0.6 is 0 Å². The first-order valence-electron chi connectivity index (χ1n) is 6.60. The summed E-state index contributed by atoms with van der Waals surface area (Å²) in [5.74, 6) is -0.809. The number of carbonyl (C=O) groups excluding carboxylic acids is 3. The van der Waals surface area contributed by atoms with Crippen molar-refractivity contribution in [3.63, 3.8) is 0 Å². The Kier molecular flexibility index (Phi) is 4.68. The van der Waals surface area contributed by atoms with Gasteiger partial charge >= 0.3 is 0 Å². The first-order chi connectivity index (χ1) is 8.68. The highest BCUT2D eigenvalue weighted by Gasteiger charge is 2.42. The van der Waals surface area contributed by atoms with Crippen LogP contribution in [-0.2, 0) is 14.4 Å². The normalized spacial score (nSPS) is 21.9. The summed E-state index contributed by atoms with van der Waals surface area (Å²) in [4.78, 5) is 36.4. The number of nitrogens with one attached hydrogen (secondary N) is 1. The van der Waals surface area contributed by atoms with Crippen molar-refractivity contribution < 1.29 is 14.4 Å². The number of likely N-dealkylation sites (tertiary alicyclic amines) is 1. The van der Waals surface area contributed by atoms with E-state index in [4.69, 9.17) is 5.73 Å². The highest BCUT2D eigenvalue weighted by molar-refractivity contribution is 6.05. The molecule has 1 aliphatic heterocycles. The lowest BCUT2D eigenvalue weighted by Crippen LogP contribution is -2.51. The molecule has 6 nitrogen and oxygen atoms in total. The molecular weight excluding hydrogens is 246 g/mol. The summed E-state index contributed by atoms with van der Waals surface area (Å²) in [6.07, 6.45) is 0.995. The van der Waals surface area contributed by atoms with E-state index in [0.29, 0.717) is 0 Å². The van der Waals surface area contributed by atoms with Crippen LogP contribution in [0.25, 0.3) is 0 Å². The number of primary amides is 1. The average molecular weight is 269 g/mol. The highest BCUT2D eigenvalue weighted by atomic mass is 16.2. The van der Waals surface area contributed by atoms with Gasteiger partial charge in [0.15, 0.2) is 0 Å². The van der Waals surface area contributed by atoms with Gasteiger partial charge < -0.3 is 5.73 Å². The monoisotopic (exact) mass is 269 g/mol. The topological polar surface area (TPSA) is 92.5 Å². The maximum absolute atomic E-state index is 12.2. The predicted molar refractivity (Wildman–Crippen MR) is 71.0 cm³/mol. The lowest BCUT2D eigenvalue weighted by molar-refractivity contribution is -0.141. The second-order valence-electron chi connectivity index (χ2n) is 5.79. The van der Waals surface area contributed by atoms with Crippen LogP contribution in [0, 0.1) is 0 Å². The lowest BCUT2D eigenvalue weighted by Gasteiger charge is -2.28. The van der Waals surface area contributed by atoms with Gasteiger partial charge in [-0.15, -0.1) is 0 Å². The molecule has 3 N–H and O–H groups in total. The van der Waals surface area contributed by atoms with Crippen LogP contribution in [0.15, 0.2) is 0 Å². The first-order valence-corrected chi connectivity index (χ1v) is 6.60. The molecule has 1 fully saturated rings. The molecule has 0 bridgehead atoms. The number of nitrogens with two attached hydrogens (primary N) is 1. The lowest BCUT2D eigenvalue weighted by atomic mass is 9.98. The Balaban J connectivity index is 2.75. The van der Waals surface area contributed by atoms with Crippen molar-refractivity contribution in [1.29, 1.82) is 0 Å². The molecular formula is C13H23N3O3. The van der Waals surface area contributed by atoms with Crippen molar-refractivity contribution >= 4 is 17.7 Å². The number of nitrogens with zero attached hydrogens (tertiary/aromatic N) is 1. The van der Waals surface area contributed by atoms with Crippen LogP contribution in [0.5, 0.6) is 0 Å². The standard InChI is InChI=1S/C13H23N3O3/c1-5-8(2)16-11(18)6-9(12(16)19)15-13(3,4)7-10(14)17/h8-9,15H,5-7H2,1-4H3,(H2,14,17). The fourth-order valence-corrected chi connectivity index (χ4v) is 2.37. The minimum absolute atomic E-state index is 0.0916. The third kappa shape index (κ3) is 3.76. The van der Waals surface area contributed by atoms with Crippen LogP contribution < -0.4 is 11.1 Å². The van der Waals surface area contributed by atoms with E-state index in [1.165, 1.54) is 4.90 Å². The summed E-state index contributed by atoms with van der Waals surface area (Å²) in [7, 11) is 0. The molecule has 0 aromatic rings. The van der Waals surface area contributed by atoms with Crippen molar-refractivity contribution in [3.8, 4) is 0 Å². The van der Waals surface area contributed by atoms with Gasteiger partial charge in [-0.25, -0.2) is 0 Å². The van der Waals surface area contributed by atoms with Crippen molar-refractivity contribution in [3.05, 3.63) is 0 Å². The molecule has 2 atom stereocenters. The molecule has 6 heteroatoms. The molecule has 1 aliphatic rings. The molecule has 1 heterocycles. The van der Waals surface area contributed by atoms with E-state index < -0.39 is 17.5 Å². The largest absolute Gasteiger partial charge is 0.370 e. The van der Waals surface area contributed by atoms with Gasteiger partial charge in [-0.1, -0.05) is 6.92 Å². The number of carbonyl (C=O) groups is 3. The molecule has 0 spiro atoms. The number of hydrogen-bond acceptors (Lipinski definition) is 4. The number of rotatable bonds is 6. The SMILES string of the molecule is CCC(C)N1C(=O)CC(NC(C)(C)CC(N)=O)C1=O. The van der Waals surface area contributed by atoms with E-state index in [1.54, 1.807) is 13.8 Å². The number of hydrogen-bond donors (Lipinski definition) is 2. The van der Waals surface area contributed by atoms with Crippen molar-refractivity contribution in [2.45, 2.75) is 64.6 Å². The molecule has 0 saturated carbocycles. The molecule has 108 valence electrons. The van der Waals surface area contributed by atoms with Gasteiger partial charge in [-0.2, -0.15) is 0 Å². The minimum Gasteiger partial charge on any atom is -0.370 e. The van der Waals surface area contributed by atoms with Gasteiger partial charge in [0.1, 0.15) is 0 Å². The van der Waals surface area contributed by atoms with E-state index in [0.717, 1.165) is 6.42 Å². The molecule has 1 saturated heterocycles. The van der Waals surface area contributed by atoms with Crippen LogP contribution in [-0.4, -0.2) is 40.2 Å². The fourth-order valence-electron chi connectivity index (χ4n) is 2.37. The van der Waals surface area contributed by atoms with Gasteiger partial charge in [0.05, 0.1) is 12.5 Å². The Labute approximate surface area is 113 Å². The Morgan fingerprint density at radius 2 is 2.11 bits per heavy atom. The van der Waals surface area contributed by atoms with Gasteiger partial charge in [0, 0.05) is 18.0 Å². The Morgan fingerprint density at radius 3 is 2.58 bits per heavy atom. The van der Waals surface area contributed by atoms with E-state index >= 15 is 0 Å². The van der Waals surface area contributed by atoms with Gasteiger partial charge in [0.25, 0.3) is 0 Å². The van der Waals surface area contributed by atoms with Crippen LogP contribution in [0.1, 0.15) is 47.0 Å². The van der Waals surface area contributed by atoms with Crippen LogP contribution in [0.3, 0.4) is 0 Å². The molecule has 0 aromatic heterocycles. The third-order valence-corrected chi connectivity index (χ3v) is 3.40. The zero-order valence-corrected chi connectivity index (χ0v) is 12.0. The zero-order chi connectivity index (χ0) is 14.8. The van der Waals surface area contributed by atoms with Gasteiger partial charge in [-0.3, -0.25) is 24.6 Å². The number of amides is 3. The zero-order valence-electron chi connectivity index (χ0n) is 12.0. The number of imide groups is 1. The first kappa shape index (κ1) is 15.6. The second-order valence-corrected chi connectivity index (χ2v) is 5.79. The van der Waals surface area contributed by atoms with Gasteiger partial charge in [0.2, 0.25) is 17.7 Å². The van der Waals surface area contributed by atoms with Crippen molar-refractivity contribution in [2.24, 2.45) is 5.73 Å². The van der Waals surface area contributed by atoms with Crippen LogP contribution in [0.2, 0.25) is 0 Å². The second kappa shape index (κ2) is 5.69. The van der Waals surface area contributed by atoms with Crippen molar-refractivity contribution in [2.75, 3.05) is 0 Å². The molecule has 0 aromatic carbocycles. The molecule has 19 heavy (non-hydrogen) atoms. The molecule has 0 radical (unpaired) electrons. The third-order valence-electron chi connectivity index (χ3n) is 3.40. The predicted octanol–water partition coefficient (Wildman–Crippen LogP) is 0.156. The van der Waals surface area contributed by atoms with Crippen LogP contribution in [0.4, 0.5) is 0 Å². The van der Waals surface area contributed by atoms with E-state index in [1.807, 2.05) is 13.8 Å². The summed E-state index contributed by atoms with van der Waals surface area (Å²) < 4.78 is 0. The van der Waals surface area contributed by atoms with E-state index in [9.17, 15) is 14.4 Å². The summed E-state index contributed by atoms with van der Waals surface area (Å²) in [5.41, 5.74) is 4.57. The molecule has 0 aliphatic carbocycles. The Morgan fingerprint density at radius 1 is 1.53 bits per heavy atom. The quantitative estimate of drug-likeness (QED) is 0.672. The minimum atomic E-state index is -0.599. The molecule has 2 unspecified atom stereocenters. The Hall–Kier alpha value is -1.43. The maximum Gasteiger partial charge on any atom is 0.247 e. The fraction of sp³-hybridized carbons (Fsp3) is 0.769. The van der Waals surface area contributed by atoms with E-state index in [-0.39, 0.29) is 30.7 Å². The Bertz CT molecular complexity index is 393. The highest BCUT2D eigenvalue weighted by Crippen LogP contribution is 2.21. The summed E-state index contributed by atoms with van der Waals surface area (Å²) in [5, 5.41) is 3.06. The van der Waals surface area contributed by atoms with E-state index in [2.05, 4.69) is 5.32 Å². The summed E-state index contributed by atoms with van der Waals surface area (Å²) in [6, 6.07) is -0.651. The van der Waals surface area contributed by atoms with Gasteiger partial charge in [-0.05, 0) is 27.2 Å². The van der Waals surface area contributed by atoms with Crippen molar-refractivity contribution in [1.82, 2.24) is 10.2 Å². The average Bonchev–Trinajstić information content (AvgIpc) is 2.50. The smallest absolute Gasteiger partial charge is 0.247 e.